The van der Waals surface area contributed by atoms with Crippen LogP contribution in [0.25, 0.3) is 0 Å². The summed E-state index contributed by atoms with van der Waals surface area (Å²) in [6, 6.07) is 9.68. The van der Waals surface area contributed by atoms with Gasteiger partial charge in [0, 0.05) is 12.8 Å². The highest BCUT2D eigenvalue weighted by Gasteiger charge is 2.36. The first-order valence-corrected chi connectivity index (χ1v) is 9.91. The lowest BCUT2D eigenvalue weighted by atomic mass is 9.94. The second kappa shape index (κ2) is 9.13. The van der Waals surface area contributed by atoms with Gasteiger partial charge in [0.15, 0.2) is 23.0 Å². The second-order valence-corrected chi connectivity index (χ2v) is 7.54. The highest BCUT2D eigenvalue weighted by molar-refractivity contribution is 6.40. The van der Waals surface area contributed by atoms with E-state index in [9.17, 15) is 30.0 Å². The standard InChI is InChI=1S/C22H22O10/c23-13(5-11-1-3-15-17(7-11)31-9-29-15)19(25)21(27)22(28)20(26)14(24)6-12-2-4-16-18(8-12)32-10-30-16/h1-4,7-8,13-14,19-20,23-26H,5-6,9-10H2/t13?,14?,19-,20+. The van der Waals surface area contributed by atoms with Crippen LogP contribution in [0, 0.1) is 0 Å². The van der Waals surface area contributed by atoms with Gasteiger partial charge in [-0.25, -0.2) is 0 Å². The van der Waals surface area contributed by atoms with Crippen molar-refractivity contribution in [2.45, 2.75) is 37.3 Å². The van der Waals surface area contributed by atoms with Crippen LogP contribution in [0.15, 0.2) is 36.4 Å². The topological polar surface area (TPSA) is 152 Å². The van der Waals surface area contributed by atoms with Crippen LogP contribution in [0.1, 0.15) is 11.1 Å². The number of hydrogen-bond acceptors (Lipinski definition) is 10. The number of rotatable bonds is 9. The Bertz CT molecular complexity index is 938. The van der Waals surface area contributed by atoms with E-state index in [1.54, 1.807) is 36.4 Å². The molecule has 2 aromatic rings. The Hall–Kier alpha value is -3.18. The van der Waals surface area contributed by atoms with Crippen molar-refractivity contribution < 1.29 is 49.0 Å². The molecule has 0 radical (unpaired) electrons. The number of aliphatic hydroxyl groups excluding tert-OH is 4. The minimum atomic E-state index is -2.07. The van der Waals surface area contributed by atoms with Gasteiger partial charge in [0.25, 0.3) is 0 Å². The molecule has 4 N–H and O–H groups in total. The summed E-state index contributed by atoms with van der Waals surface area (Å²) in [6.45, 7) is 0.146. The van der Waals surface area contributed by atoms with E-state index in [4.69, 9.17) is 18.9 Å². The maximum atomic E-state index is 12.3. The van der Waals surface area contributed by atoms with Gasteiger partial charge in [-0.05, 0) is 35.4 Å². The number of hydrogen-bond donors (Lipinski definition) is 4. The molecule has 2 aromatic carbocycles. The van der Waals surface area contributed by atoms with Gasteiger partial charge < -0.3 is 39.4 Å². The maximum Gasteiger partial charge on any atom is 0.232 e. The molecule has 2 unspecified atom stereocenters. The average Bonchev–Trinajstić information content (AvgIpc) is 3.45. The molecule has 2 aliphatic heterocycles. The summed E-state index contributed by atoms with van der Waals surface area (Å²) < 4.78 is 20.9. The molecule has 0 amide bonds. The lowest BCUT2D eigenvalue weighted by Crippen LogP contribution is -2.47. The van der Waals surface area contributed by atoms with Crippen molar-refractivity contribution in [2.75, 3.05) is 13.6 Å². The SMILES string of the molecule is O=C(C(=O)[C@H](O)C(O)Cc1ccc2c(c1)OCO2)[C@@H](O)C(O)Cc1ccc2c(c1)OCO2. The van der Waals surface area contributed by atoms with E-state index in [1.807, 2.05) is 0 Å². The first-order valence-electron chi connectivity index (χ1n) is 9.91. The Labute approximate surface area is 182 Å². The van der Waals surface area contributed by atoms with Crippen molar-refractivity contribution in [2.24, 2.45) is 0 Å². The molecule has 4 rings (SSSR count). The highest BCUT2D eigenvalue weighted by Crippen LogP contribution is 2.34. The van der Waals surface area contributed by atoms with E-state index in [1.165, 1.54) is 0 Å². The zero-order valence-electron chi connectivity index (χ0n) is 16.8. The van der Waals surface area contributed by atoms with Crippen molar-refractivity contribution in [1.29, 1.82) is 0 Å². The van der Waals surface area contributed by atoms with Crippen LogP contribution in [-0.4, -0.2) is 70.0 Å². The number of benzene rings is 2. The molecule has 32 heavy (non-hydrogen) atoms. The first kappa shape index (κ1) is 22.0. The average molecular weight is 446 g/mol. The fourth-order valence-electron chi connectivity index (χ4n) is 3.48. The van der Waals surface area contributed by atoms with Crippen molar-refractivity contribution in [3.05, 3.63) is 47.5 Å². The highest BCUT2D eigenvalue weighted by atomic mass is 16.7. The van der Waals surface area contributed by atoms with Crippen LogP contribution in [0.4, 0.5) is 0 Å². The number of fused-ring (bicyclic) bond motifs is 2. The normalized spacial score (nSPS) is 17.5. The summed E-state index contributed by atoms with van der Waals surface area (Å²) in [4.78, 5) is 24.6. The quantitative estimate of drug-likeness (QED) is 0.371. The van der Waals surface area contributed by atoms with Crippen LogP contribution in [0.3, 0.4) is 0 Å². The van der Waals surface area contributed by atoms with E-state index in [2.05, 4.69) is 0 Å². The van der Waals surface area contributed by atoms with Gasteiger partial charge in [-0.2, -0.15) is 0 Å². The molecule has 0 aliphatic carbocycles. The molecule has 0 saturated heterocycles. The summed E-state index contributed by atoms with van der Waals surface area (Å²) in [6.07, 6.45) is -7.64. The van der Waals surface area contributed by atoms with E-state index >= 15 is 0 Å². The Kier molecular flexibility index (Phi) is 6.28. The molecular formula is C22H22O10. The maximum absolute atomic E-state index is 12.3. The Morgan fingerprint density at radius 2 is 1.03 bits per heavy atom. The molecule has 2 heterocycles. The van der Waals surface area contributed by atoms with Gasteiger partial charge in [-0.15, -0.1) is 0 Å². The van der Waals surface area contributed by atoms with E-state index < -0.39 is 36.0 Å². The van der Waals surface area contributed by atoms with Crippen LogP contribution in [0.5, 0.6) is 23.0 Å². The minimum absolute atomic E-state index is 0.0728. The summed E-state index contributed by atoms with van der Waals surface area (Å²) in [5.41, 5.74) is 1.09. The second-order valence-electron chi connectivity index (χ2n) is 7.54. The number of ether oxygens (including phenoxy) is 4. The number of carbonyl (C=O) groups excluding carboxylic acids is 2. The molecule has 0 saturated carbocycles. The molecule has 170 valence electrons. The lowest BCUT2D eigenvalue weighted by Gasteiger charge is -2.20. The third-order valence-corrected chi connectivity index (χ3v) is 5.27. The van der Waals surface area contributed by atoms with Crippen LogP contribution in [0.2, 0.25) is 0 Å². The number of Topliss-reactive ketones (excluding diaryl/α,β-unsaturated/α-hetero) is 2. The molecular weight excluding hydrogens is 424 g/mol. The van der Waals surface area contributed by atoms with Crippen molar-refractivity contribution in [1.82, 2.24) is 0 Å². The van der Waals surface area contributed by atoms with E-state index in [0.29, 0.717) is 34.1 Å². The molecule has 0 aromatic heterocycles. The third kappa shape index (κ3) is 4.53. The molecule has 4 atom stereocenters. The zero-order chi connectivity index (χ0) is 22.8. The summed E-state index contributed by atoms with van der Waals surface area (Å²) >= 11 is 0. The van der Waals surface area contributed by atoms with Crippen molar-refractivity contribution >= 4 is 11.6 Å². The minimum Gasteiger partial charge on any atom is -0.454 e. The summed E-state index contributed by atoms with van der Waals surface area (Å²) in [5, 5.41) is 40.7. The van der Waals surface area contributed by atoms with Crippen LogP contribution < -0.4 is 18.9 Å². The van der Waals surface area contributed by atoms with Crippen LogP contribution >= 0.6 is 0 Å². The summed E-state index contributed by atoms with van der Waals surface area (Å²) in [7, 11) is 0. The first-order chi connectivity index (χ1) is 15.3. The molecule has 0 spiro atoms. The predicted octanol–water partition coefficient (Wildman–Crippen LogP) is -0.489. The van der Waals surface area contributed by atoms with Gasteiger partial charge in [0.05, 0.1) is 12.2 Å². The van der Waals surface area contributed by atoms with Gasteiger partial charge >= 0.3 is 0 Å². The Balaban J connectivity index is 1.34. The van der Waals surface area contributed by atoms with Gasteiger partial charge in [0.2, 0.25) is 25.2 Å². The largest absolute Gasteiger partial charge is 0.454 e. The molecule has 10 nitrogen and oxygen atoms in total. The Morgan fingerprint density at radius 3 is 1.44 bits per heavy atom. The van der Waals surface area contributed by atoms with Gasteiger partial charge in [-0.1, -0.05) is 12.1 Å². The number of carbonyl (C=O) groups is 2. The van der Waals surface area contributed by atoms with Crippen LogP contribution in [-0.2, 0) is 22.4 Å². The third-order valence-electron chi connectivity index (χ3n) is 5.27. The molecule has 2 aliphatic rings. The van der Waals surface area contributed by atoms with Gasteiger partial charge in [0.1, 0.15) is 12.2 Å². The fourth-order valence-corrected chi connectivity index (χ4v) is 3.48. The molecule has 10 heteroatoms. The van der Waals surface area contributed by atoms with E-state index in [-0.39, 0.29) is 26.4 Å². The van der Waals surface area contributed by atoms with Gasteiger partial charge in [-0.3, -0.25) is 9.59 Å². The molecule has 0 fully saturated rings. The zero-order valence-corrected chi connectivity index (χ0v) is 16.8. The van der Waals surface area contributed by atoms with E-state index in [0.717, 1.165) is 0 Å². The number of ketones is 2. The monoisotopic (exact) mass is 446 g/mol. The van der Waals surface area contributed by atoms with Crippen molar-refractivity contribution in [3.63, 3.8) is 0 Å². The number of aliphatic hydroxyl groups is 4. The fraction of sp³-hybridized carbons (Fsp3) is 0.364. The smallest absolute Gasteiger partial charge is 0.232 e. The lowest BCUT2D eigenvalue weighted by molar-refractivity contribution is -0.152. The Morgan fingerprint density at radius 1 is 0.656 bits per heavy atom. The molecule has 0 bridgehead atoms. The predicted molar refractivity (Wildman–Crippen MR) is 107 cm³/mol. The van der Waals surface area contributed by atoms with Crippen molar-refractivity contribution in [3.8, 4) is 23.0 Å². The summed E-state index contributed by atoms with van der Waals surface area (Å²) in [5.74, 6) is -0.780.